The number of anilines is 3. The highest BCUT2D eigenvalue weighted by Gasteiger charge is 2.24. The van der Waals surface area contributed by atoms with Gasteiger partial charge in [-0.3, -0.25) is 9.80 Å². The van der Waals surface area contributed by atoms with Gasteiger partial charge in [0.25, 0.3) is 0 Å². The van der Waals surface area contributed by atoms with Gasteiger partial charge in [-0.25, -0.2) is 4.79 Å². The number of benzene rings is 3. The third-order valence-corrected chi connectivity index (χ3v) is 4.77. The van der Waals surface area contributed by atoms with Crippen LogP contribution in [0.15, 0.2) is 60.7 Å². The first-order chi connectivity index (χ1) is 13.9. The molecule has 1 amide bonds. The van der Waals surface area contributed by atoms with Crippen LogP contribution in [-0.2, 0) is 4.79 Å². The molecule has 7 heteroatoms. The summed E-state index contributed by atoms with van der Waals surface area (Å²) in [5, 5.41) is 14.0. The van der Waals surface area contributed by atoms with Crippen molar-refractivity contribution in [2.24, 2.45) is 0 Å². The Labute approximate surface area is 167 Å². The summed E-state index contributed by atoms with van der Waals surface area (Å²) >= 11 is 0. The van der Waals surface area contributed by atoms with Crippen LogP contribution < -0.4 is 21.3 Å². The summed E-state index contributed by atoms with van der Waals surface area (Å²) < 4.78 is 0. The van der Waals surface area contributed by atoms with Crippen molar-refractivity contribution in [2.45, 2.75) is 6.92 Å². The van der Waals surface area contributed by atoms with Crippen molar-refractivity contribution >= 4 is 28.9 Å². The summed E-state index contributed by atoms with van der Waals surface area (Å²) in [5.41, 5.74) is 11.9. The number of amides is 1. The van der Waals surface area contributed by atoms with Crippen LogP contribution in [0.3, 0.4) is 0 Å². The topological polar surface area (TPSA) is 93.7 Å². The molecule has 0 fully saturated rings. The van der Waals surface area contributed by atoms with E-state index in [-0.39, 0.29) is 11.5 Å². The average Bonchev–Trinajstić information content (AvgIpc) is 3.08. The van der Waals surface area contributed by atoms with Gasteiger partial charge >= 0.3 is 5.97 Å². The molecule has 0 aromatic heterocycles. The highest BCUT2D eigenvalue weighted by Crippen LogP contribution is 2.37. The average molecular weight is 388 g/mol. The zero-order valence-electron chi connectivity index (χ0n) is 16.0. The van der Waals surface area contributed by atoms with E-state index in [0.717, 1.165) is 33.6 Å². The molecule has 3 aromatic carbocycles. The van der Waals surface area contributed by atoms with E-state index in [0.29, 0.717) is 5.69 Å². The molecule has 146 valence electrons. The minimum atomic E-state index is -0.980. The first-order valence-electron chi connectivity index (χ1n) is 9.07. The quantitative estimate of drug-likeness (QED) is 0.541. The maximum absolute atomic E-state index is 11.7. The number of hydrogen-bond acceptors (Lipinski definition) is 5. The molecular formula is C22H20N4O3. The molecule has 0 aliphatic carbocycles. The molecule has 0 unspecified atom stereocenters. The van der Waals surface area contributed by atoms with Crippen LogP contribution in [0.5, 0.6) is 0 Å². The molecule has 4 rings (SSSR count). The van der Waals surface area contributed by atoms with Crippen LogP contribution in [0.4, 0.5) is 17.1 Å². The van der Waals surface area contributed by atoms with Crippen molar-refractivity contribution < 1.29 is 14.7 Å². The smallest absolute Gasteiger partial charge is 0.337 e. The summed E-state index contributed by atoms with van der Waals surface area (Å²) in [6.07, 6.45) is 0. The lowest BCUT2D eigenvalue weighted by Crippen LogP contribution is -2.32. The maximum atomic E-state index is 11.7. The Morgan fingerprint density at radius 3 is 2.28 bits per heavy atom. The van der Waals surface area contributed by atoms with Gasteiger partial charge in [-0.2, -0.15) is 0 Å². The zero-order valence-corrected chi connectivity index (χ0v) is 16.0. The largest absolute Gasteiger partial charge is 0.478 e. The molecule has 0 saturated carbocycles. The fourth-order valence-electron chi connectivity index (χ4n) is 3.46. The van der Waals surface area contributed by atoms with Crippen molar-refractivity contribution in [1.29, 1.82) is 0 Å². The number of rotatable bonds is 4. The predicted octanol–water partition coefficient (Wildman–Crippen LogP) is 3.96. The summed E-state index contributed by atoms with van der Waals surface area (Å²) in [4.78, 5) is 23.0. The van der Waals surface area contributed by atoms with Crippen molar-refractivity contribution in [2.75, 3.05) is 22.8 Å². The second-order valence-corrected chi connectivity index (χ2v) is 6.86. The number of carboxylic acid groups (broad SMARTS) is 1. The van der Waals surface area contributed by atoms with Gasteiger partial charge in [-0.1, -0.05) is 36.4 Å². The predicted molar refractivity (Wildman–Crippen MR) is 114 cm³/mol. The molecule has 0 radical (unpaired) electrons. The third-order valence-electron chi connectivity index (χ3n) is 4.77. The number of nitrogens with zero attached hydrogens (tertiary/aromatic N) is 1. The van der Waals surface area contributed by atoms with Gasteiger partial charge in [0.1, 0.15) is 0 Å². The van der Waals surface area contributed by atoms with E-state index in [4.69, 9.17) is 0 Å². The Morgan fingerprint density at radius 1 is 0.931 bits per heavy atom. The van der Waals surface area contributed by atoms with Gasteiger partial charge in [0.05, 0.1) is 16.9 Å². The second-order valence-electron chi connectivity index (χ2n) is 6.86. The van der Waals surface area contributed by atoms with Gasteiger partial charge in [-0.05, 0) is 46.5 Å². The van der Waals surface area contributed by atoms with Crippen molar-refractivity contribution in [3.8, 4) is 22.3 Å². The molecule has 1 heterocycles. The lowest BCUT2D eigenvalue weighted by molar-refractivity contribution is -0.114. The van der Waals surface area contributed by atoms with Gasteiger partial charge < -0.3 is 15.8 Å². The minimum Gasteiger partial charge on any atom is -0.478 e. The first kappa shape index (κ1) is 18.5. The van der Waals surface area contributed by atoms with Crippen LogP contribution in [0.2, 0.25) is 0 Å². The van der Waals surface area contributed by atoms with Crippen LogP contribution >= 0.6 is 0 Å². The van der Waals surface area contributed by atoms with Gasteiger partial charge in [0.15, 0.2) is 0 Å². The molecule has 0 spiro atoms. The molecule has 29 heavy (non-hydrogen) atoms. The van der Waals surface area contributed by atoms with E-state index in [9.17, 15) is 14.7 Å². The monoisotopic (exact) mass is 388 g/mol. The van der Waals surface area contributed by atoms with Crippen LogP contribution in [0.25, 0.3) is 22.3 Å². The van der Waals surface area contributed by atoms with Crippen molar-refractivity contribution in [3.05, 3.63) is 66.2 Å². The van der Waals surface area contributed by atoms with E-state index in [1.807, 2.05) is 54.6 Å². The van der Waals surface area contributed by atoms with E-state index < -0.39 is 5.97 Å². The number of carbonyl (C=O) groups excluding carboxylic acids is 1. The Balaban J connectivity index is 1.68. The number of carboxylic acids is 1. The Kier molecular flexibility index (Phi) is 4.66. The Bertz CT molecular complexity index is 1110. The lowest BCUT2D eigenvalue weighted by atomic mass is 9.97. The van der Waals surface area contributed by atoms with Gasteiger partial charge in [0.2, 0.25) is 5.91 Å². The molecule has 7 nitrogen and oxygen atoms in total. The third kappa shape index (κ3) is 3.63. The summed E-state index contributed by atoms with van der Waals surface area (Å²) in [7, 11) is 1.76. The summed E-state index contributed by atoms with van der Waals surface area (Å²) in [5.74, 6) is -1.09. The van der Waals surface area contributed by atoms with Crippen LogP contribution in [0.1, 0.15) is 17.3 Å². The second kappa shape index (κ2) is 7.29. The highest BCUT2D eigenvalue weighted by atomic mass is 16.4. The zero-order chi connectivity index (χ0) is 20.5. The standard InChI is InChI=1S/C22H20N4O3/c1-13(27)23-18-5-3-4-16(10-18)14-6-8-15(9-7-14)17-11-19(22(28)29)21-20(12-17)24-25-26(21)2/h3-12,24-25H,1-2H3,(H,23,27)(H,28,29). The fourth-order valence-corrected chi connectivity index (χ4v) is 3.46. The van der Waals surface area contributed by atoms with E-state index in [2.05, 4.69) is 16.3 Å². The van der Waals surface area contributed by atoms with Crippen molar-refractivity contribution in [1.82, 2.24) is 5.53 Å². The molecule has 3 aromatic rings. The van der Waals surface area contributed by atoms with Gasteiger partial charge in [-0.15, -0.1) is 5.53 Å². The number of hydrogen-bond donors (Lipinski definition) is 4. The van der Waals surface area contributed by atoms with Gasteiger partial charge in [0, 0.05) is 19.7 Å². The van der Waals surface area contributed by atoms with E-state index in [1.165, 1.54) is 6.92 Å². The fraction of sp³-hybridized carbons (Fsp3) is 0.0909. The number of fused-ring (bicyclic) bond motifs is 1. The molecule has 1 aliphatic rings. The Morgan fingerprint density at radius 2 is 1.62 bits per heavy atom. The number of carbonyl (C=O) groups is 2. The molecule has 0 atom stereocenters. The number of nitrogens with one attached hydrogen (secondary N) is 3. The van der Waals surface area contributed by atoms with Crippen LogP contribution in [-0.4, -0.2) is 24.0 Å². The molecule has 0 bridgehead atoms. The normalized spacial score (nSPS) is 12.3. The van der Waals surface area contributed by atoms with Crippen LogP contribution in [0, 0.1) is 0 Å². The minimum absolute atomic E-state index is 0.114. The lowest BCUT2D eigenvalue weighted by Gasteiger charge is -2.14. The van der Waals surface area contributed by atoms with E-state index >= 15 is 0 Å². The molecule has 4 N–H and O–H groups in total. The molecule has 0 saturated heterocycles. The summed E-state index contributed by atoms with van der Waals surface area (Å²) in [6.45, 7) is 1.48. The molecular weight excluding hydrogens is 368 g/mol. The Hall–Kier alpha value is -3.84. The number of hydrazine groups is 2. The van der Waals surface area contributed by atoms with E-state index in [1.54, 1.807) is 18.1 Å². The van der Waals surface area contributed by atoms with Crippen molar-refractivity contribution in [3.63, 3.8) is 0 Å². The maximum Gasteiger partial charge on any atom is 0.337 e. The summed E-state index contributed by atoms with van der Waals surface area (Å²) in [6, 6.07) is 19.1. The number of aromatic carboxylic acids is 1. The first-order valence-corrected chi connectivity index (χ1v) is 9.07. The highest BCUT2D eigenvalue weighted by molar-refractivity contribution is 6.01. The SMILES string of the molecule is CC(=O)Nc1cccc(-c2ccc(-c3cc4c(c(C(=O)O)c3)N(C)NN4)cc2)c1. The molecule has 1 aliphatic heterocycles.